The first-order valence-electron chi connectivity index (χ1n) is 5.32. The van der Waals surface area contributed by atoms with Crippen molar-refractivity contribution >= 4 is 5.78 Å². The highest BCUT2D eigenvalue weighted by molar-refractivity contribution is 5.98. The van der Waals surface area contributed by atoms with Crippen LogP contribution in [0.2, 0.25) is 0 Å². The molecule has 0 heterocycles. The Morgan fingerprint density at radius 3 is 2.28 bits per heavy atom. The second-order valence-electron chi connectivity index (χ2n) is 3.56. The van der Waals surface area contributed by atoms with Gasteiger partial charge in [0.05, 0.1) is 14.2 Å². The number of ether oxygens (including phenoxy) is 2. The molecule has 0 saturated heterocycles. The van der Waals surface area contributed by atoms with E-state index in [4.69, 9.17) is 15.2 Å². The molecule has 1 aromatic rings. The Bertz CT molecular complexity index is 436. The van der Waals surface area contributed by atoms with Crippen LogP contribution in [0.25, 0.3) is 0 Å². The second-order valence-corrected chi connectivity index (χ2v) is 3.56. The number of alkyl halides is 2. The molecule has 1 aromatic carbocycles. The van der Waals surface area contributed by atoms with Gasteiger partial charge in [0.1, 0.15) is 0 Å². The average molecular weight is 259 g/mol. The maximum Gasteiger partial charge on any atom is 0.264 e. The molecule has 0 spiro atoms. The minimum Gasteiger partial charge on any atom is -0.493 e. The monoisotopic (exact) mass is 259 g/mol. The van der Waals surface area contributed by atoms with Crippen LogP contribution in [0.1, 0.15) is 28.8 Å². The first kappa shape index (κ1) is 14.4. The zero-order valence-corrected chi connectivity index (χ0v) is 10.2. The summed E-state index contributed by atoms with van der Waals surface area (Å²) in [5, 5.41) is 0. The lowest BCUT2D eigenvalue weighted by Crippen LogP contribution is -2.11. The van der Waals surface area contributed by atoms with Gasteiger partial charge in [-0.15, -0.1) is 0 Å². The van der Waals surface area contributed by atoms with E-state index >= 15 is 0 Å². The molecule has 2 N–H and O–H groups in total. The van der Waals surface area contributed by atoms with E-state index in [1.807, 2.05) is 0 Å². The number of halogens is 2. The van der Waals surface area contributed by atoms with Gasteiger partial charge in [-0.1, -0.05) is 0 Å². The summed E-state index contributed by atoms with van der Waals surface area (Å²) in [5.74, 6) is -0.0341. The Balaban J connectivity index is 3.33. The molecular weight excluding hydrogens is 244 g/mol. The third-order valence-corrected chi connectivity index (χ3v) is 2.46. The molecule has 0 aliphatic carbocycles. The lowest BCUT2D eigenvalue weighted by molar-refractivity contribution is 0.0970. The highest BCUT2D eigenvalue weighted by atomic mass is 19.3. The maximum absolute atomic E-state index is 12.9. The largest absolute Gasteiger partial charge is 0.493 e. The number of methoxy groups -OCH3 is 2. The van der Waals surface area contributed by atoms with Crippen LogP contribution >= 0.6 is 0 Å². The molecule has 0 aliphatic rings. The Labute approximate surface area is 104 Å². The predicted molar refractivity (Wildman–Crippen MR) is 62.5 cm³/mol. The summed E-state index contributed by atoms with van der Waals surface area (Å²) in [6, 6.07) is 2.38. The van der Waals surface area contributed by atoms with E-state index in [1.165, 1.54) is 20.3 Å². The molecule has 0 fully saturated rings. The van der Waals surface area contributed by atoms with Crippen molar-refractivity contribution in [1.29, 1.82) is 0 Å². The fourth-order valence-corrected chi connectivity index (χ4v) is 1.58. The van der Waals surface area contributed by atoms with Gasteiger partial charge in [-0.25, -0.2) is 8.78 Å². The molecule has 0 unspecified atom stereocenters. The molecule has 0 saturated carbocycles. The zero-order valence-electron chi connectivity index (χ0n) is 10.2. The van der Waals surface area contributed by atoms with Crippen LogP contribution in [-0.2, 0) is 0 Å². The third-order valence-electron chi connectivity index (χ3n) is 2.46. The molecule has 0 radical (unpaired) electrons. The van der Waals surface area contributed by atoms with Gasteiger partial charge in [0.2, 0.25) is 0 Å². The van der Waals surface area contributed by atoms with E-state index in [2.05, 4.69) is 0 Å². The van der Waals surface area contributed by atoms with Gasteiger partial charge < -0.3 is 15.2 Å². The van der Waals surface area contributed by atoms with Gasteiger partial charge in [0.25, 0.3) is 6.43 Å². The highest BCUT2D eigenvalue weighted by Crippen LogP contribution is 2.35. The van der Waals surface area contributed by atoms with Crippen molar-refractivity contribution in [3.05, 3.63) is 23.3 Å². The van der Waals surface area contributed by atoms with Crippen LogP contribution in [0.5, 0.6) is 11.5 Å². The molecule has 1 rings (SSSR count). The topological polar surface area (TPSA) is 61.5 Å². The molecule has 18 heavy (non-hydrogen) atoms. The maximum atomic E-state index is 12.9. The first-order valence-corrected chi connectivity index (χ1v) is 5.32. The van der Waals surface area contributed by atoms with Gasteiger partial charge >= 0.3 is 0 Å². The molecule has 0 aromatic heterocycles. The number of nitrogens with two attached hydrogens (primary N) is 1. The van der Waals surface area contributed by atoms with Crippen molar-refractivity contribution in [2.24, 2.45) is 5.73 Å². The summed E-state index contributed by atoms with van der Waals surface area (Å²) in [5.41, 5.74) is 4.81. The number of hydrogen-bond acceptors (Lipinski definition) is 4. The van der Waals surface area contributed by atoms with Gasteiger partial charge in [-0.2, -0.15) is 0 Å². The molecule has 0 bridgehead atoms. The molecule has 0 aliphatic heterocycles. The van der Waals surface area contributed by atoms with Crippen LogP contribution in [0, 0.1) is 0 Å². The smallest absolute Gasteiger partial charge is 0.264 e. The van der Waals surface area contributed by atoms with Crippen molar-refractivity contribution in [3.63, 3.8) is 0 Å². The van der Waals surface area contributed by atoms with E-state index in [0.717, 1.165) is 6.07 Å². The lowest BCUT2D eigenvalue weighted by atomic mass is 10.0. The normalized spacial score (nSPS) is 10.6. The van der Waals surface area contributed by atoms with Crippen molar-refractivity contribution in [2.75, 3.05) is 20.8 Å². The van der Waals surface area contributed by atoms with E-state index < -0.39 is 12.2 Å². The summed E-state index contributed by atoms with van der Waals surface area (Å²) in [4.78, 5) is 11.7. The third kappa shape index (κ3) is 2.95. The molecule has 6 heteroatoms. The number of carbonyl (C=O) groups is 1. The summed E-state index contributed by atoms with van der Waals surface area (Å²) < 4.78 is 35.7. The van der Waals surface area contributed by atoms with E-state index in [1.54, 1.807) is 0 Å². The summed E-state index contributed by atoms with van der Waals surface area (Å²) in [7, 11) is 2.71. The van der Waals surface area contributed by atoms with Crippen molar-refractivity contribution in [1.82, 2.24) is 0 Å². The lowest BCUT2D eigenvalue weighted by Gasteiger charge is -2.13. The minimum atomic E-state index is -2.76. The van der Waals surface area contributed by atoms with Crippen LogP contribution in [0.15, 0.2) is 12.1 Å². The molecular formula is C12H15F2NO3. The number of hydrogen-bond donors (Lipinski definition) is 1. The Morgan fingerprint density at radius 1 is 1.28 bits per heavy atom. The highest BCUT2D eigenvalue weighted by Gasteiger charge is 2.21. The number of benzene rings is 1. The quantitative estimate of drug-likeness (QED) is 0.795. The molecule has 0 amide bonds. The fraction of sp³-hybridized carbons (Fsp3) is 0.417. The number of carbonyl (C=O) groups excluding carboxylic acids is 1. The van der Waals surface area contributed by atoms with E-state index in [0.29, 0.717) is 0 Å². The van der Waals surface area contributed by atoms with Crippen LogP contribution < -0.4 is 15.2 Å². The van der Waals surface area contributed by atoms with Crippen LogP contribution in [0.3, 0.4) is 0 Å². The summed E-state index contributed by atoms with van der Waals surface area (Å²) in [6.45, 7) is 0.107. The van der Waals surface area contributed by atoms with E-state index in [-0.39, 0.29) is 35.6 Å². The van der Waals surface area contributed by atoms with Crippen LogP contribution in [-0.4, -0.2) is 26.5 Å². The average Bonchev–Trinajstić information content (AvgIpc) is 2.37. The fourth-order valence-electron chi connectivity index (χ4n) is 1.58. The van der Waals surface area contributed by atoms with Crippen molar-refractivity contribution in [2.45, 2.75) is 12.8 Å². The standard InChI is InChI=1S/C12H15F2NO3/c1-17-10-5-7(9(16)3-4-15)8(12(13)14)6-11(10)18-2/h5-6,12H,3-4,15H2,1-2H3. The minimum absolute atomic E-state index is 0.00913. The van der Waals surface area contributed by atoms with Gasteiger partial charge in [0.15, 0.2) is 17.3 Å². The summed E-state index contributed by atoms with van der Waals surface area (Å²) >= 11 is 0. The van der Waals surface area contributed by atoms with Crippen molar-refractivity contribution in [3.8, 4) is 11.5 Å². The predicted octanol–water partition coefficient (Wildman–Crippen LogP) is 2.17. The van der Waals surface area contributed by atoms with Gasteiger partial charge in [-0.3, -0.25) is 4.79 Å². The van der Waals surface area contributed by atoms with Gasteiger partial charge in [0, 0.05) is 17.5 Å². The van der Waals surface area contributed by atoms with Crippen LogP contribution in [0.4, 0.5) is 8.78 Å². The Kier molecular flexibility index (Phi) is 5.03. The first-order chi connectivity index (χ1) is 8.54. The number of Topliss-reactive ketones (excluding diaryl/α,β-unsaturated/α-hetero) is 1. The molecule has 0 atom stereocenters. The molecule has 100 valence electrons. The zero-order chi connectivity index (χ0) is 13.7. The summed E-state index contributed by atoms with van der Waals surface area (Å²) in [6.07, 6.45) is -2.75. The van der Waals surface area contributed by atoms with Gasteiger partial charge in [-0.05, 0) is 18.7 Å². The SMILES string of the molecule is COc1cc(C(=O)CCN)c(C(F)F)cc1OC. The van der Waals surface area contributed by atoms with E-state index in [9.17, 15) is 13.6 Å². The Morgan fingerprint density at radius 2 is 1.83 bits per heavy atom. The second kappa shape index (κ2) is 6.30. The Hall–Kier alpha value is -1.69. The van der Waals surface area contributed by atoms with Crippen molar-refractivity contribution < 1.29 is 23.0 Å². The number of ketones is 1. The number of rotatable bonds is 6. The molecule has 4 nitrogen and oxygen atoms in total.